The number of hydrogen-bond acceptors (Lipinski definition) is 3. The van der Waals surface area contributed by atoms with Gasteiger partial charge >= 0.3 is 0 Å². The van der Waals surface area contributed by atoms with Crippen molar-refractivity contribution >= 4 is 5.82 Å². The van der Waals surface area contributed by atoms with Gasteiger partial charge in [-0.25, -0.2) is 4.98 Å². The average molecular weight is 287 g/mol. The second-order valence-electron chi connectivity index (χ2n) is 7.05. The van der Waals surface area contributed by atoms with Crippen molar-refractivity contribution in [2.45, 2.75) is 52.5 Å². The lowest BCUT2D eigenvalue weighted by molar-refractivity contribution is 0.494. The number of rotatable bonds is 5. The first kappa shape index (κ1) is 14.8. The van der Waals surface area contributed by atoms with E-state index in [1.807, 2.05) is 0 Å². The molecule has 1 aliphatic heterocycles. The summed E-state index contributed by atoms with van der Waals surface area (Å²) in [6.45, 7) is 11.0. The van der Waals surface area contributed by atoms with Gasteiger partial charge in [0.05, 0.1) is 0 Å². The number of aromatic nitrogens is 1. The van der Waals surface area contributed by atoms with E-state index in [1.54, 1.807) is 0 Å². The molecule has 1 saturated carbocycles. The molecule has 1 aliphatic carbocycles. The Kier molecular flexibility index (Phi) is 4.48. The molecular weight excluding hydrogens is 258 g/mol. The Balaban J connectivity index is 1.81. The molecule has 1 aromatic heterocycles. The van der Waals surface area contributed by atoms with E-state index in [1.165, 1.54) is 49.4 Å². The number of nitrogens with zero attached hydrogens (tertiary/aromatic N) is 2. The second kappa shape index (κ2) is 6.35. The Labute approximate surface area is 129 Å². The Morgan fingerprint density at radius 2 is 1.95 bits per heavy atom. The standard InChI is InChI=1S/C18H29N3/c1-4-19-10-14-8-17(13(2)3)20-18(9-14)21-11-15-6-5-7-16(15)12-21/h8-9,13,15-16,19H,4-7,10-12H2,1-3H3. The third-order valence-electron chi connectivity index (χ3n) is 5.11. The van der Waals surface area contributed by atoms with Crippen molar-refractivity contribution in [2.24, 2.45) is 11.8 Å². The predicted octanol–water partition coefficient (Wildman–Crippen LogP) is 3.55. The molecule has 1 aromatic rings. The highest BCUT2D eigenvalue weighted by Crippen LogP contribution is 2.39. The molecular formula is C18H29N3. The van der Waals surface area contributed by atoms with Crippen molar-refractivity contribution in [1.82, 2.24) is 10.3 Å². The van der Waals surface area contributed by atoms with E-state index in [9.17, 15) is 0 Å². The zero-order valence-electron chi connectivity index (χ0n) is 13.7. The van der Waals surface area contributed by atoms with Gasteiger partial charge in [0.15, 0.2) is 0 Å². The molecule has 1 saturated heterocycles. The minimum Gasteiger partial charge on any atom is -0.356 e. The fourth-order valence-corrected chi connectivity index (χ4v) is 3.85. The molecule has 0 aromatic carbocycles. The minimum atomic E-state index is 0.493. The van der Waals surface area contributed by atoms with Crippen LogP contribution in [0.25, 0.3) is 0 Å². The van der Waals surface area contributed by atoms with E-state index in [0.717, 1.165) is 24.9 Å². The van der Waals surface area contributed by atoms with Gasteiger partial charge in [0.25, 0.3) is 0 Å². The SMILES string of the molecule is CCNCc1cc(C(C)C)nc(N2CC3CCCC3C2)c1. The molecule has 2 unspecified atom stereocenters. The lowest BCUT2D eigenvalue weighted by Crippen LogP contribution is -2.23. The number of pyridine rings is 1. The normalized spacial score (nSPS) is 24.9. The van der Waals surface area contributed by atoms with Crippen LogP contribution in [-0.2, 0) is 6.54 Å². The summed E-state index contributed by atoms with van der Waals surface area (Å²) in [6, 6.07) is 4.57. The molecule has 2 aliphatic rings. The quantitative estimate of drug-likeness (QED) is 0.897. The minimum absolute atomic E-state index is 0.493. The van der Waals surface area contributed by atoms with Gasteiger partial charge in [-0.05, 0) is 54.8 Å². The number of fused-ring (bicyclic) bond motifs is 1. The maximum atomic E-state index is 4.95. The predicted molar refractivity (Wildman–Crippen MR) is 88.8 cm³/mol. The molecule has 1 N–H and O–H groups in total. The summed E-state index contributed by atoms with van der Waals surface area (Å²) in [6.07, 6.45) is 4.29. The van der Waals surface area contributed by atoms with Crippen molar-refractivity contribution in [3.8, 4) is 0 Å². The molecule has 3 heteroatoms. The maximum Gasteiger partial charge on any atom is 0.129 e. The monoisotopic (exact) mass is 287 g/mol. The van der Waals surface area contributed by atoms with Gasteiger partial charge in [0, 0.05) is 25.3 Å². The van der Waals surface area contributed by atoms with Crippen LogP contribution in [0.15, 0.2) is 12.1 Å². The van der Waals surface area contributed by atoms with Gasteiger partial charge in [-0.2, -0.15) is 0 Å². The first-order valence-corrected chi connectivity index (χ1v) is 8.64. The van der Waals surface area contributed by atoms with Crippen molar-refractivity contribution in [3.05, 3.63) is 23.4 Å². The summed E-state index contributed by atoms with van der Waals surface area (Å²) in [5, 5.41) is 3.44. The Morgan fingerprint density at radius 3 is 2.57 bits per heavy atom. The Bertz CT molecular complexity index is 471. The first-order valence-electron chi connectivity index (χ1n) is 8.64. The highest BCUT2D eigenvalue weighted by molar-refractivity contribution is 5.45. The molecule has 2 fully saturated rings. The average Bonchev–Trinajstić information content (AvgIpc) is 3.05. The maximum absolute atomic E-state index is 4.95. The van der Waals surface area contributed by atoms with E-state index >= 15 is 0 Å². The summed E-state index contributed by atoms with van der Waals surface area (Å²) in [5.74, 6) is 3.55. The highest BCUT2D eigenvalue weighted by atomic mass is 15.2. The fraction of sp³-hybridized carbons (Fsp3) is 0.722. The molecule has 0 spiro atoms. The molecule has 21 heavy (non-hydrogen) atoms. The van der Waals surface area contributed by atoms with E-state index in [4.69, 9.17) is 4.98 Å². The van der Waals surface area contributed by atoms with Gasteiger partial charge in [-0.1, -0.05) is 27.2 Å². The second-order valence-corrected chi connectivity index (χ2v) is 7.05. The smallest absolute Gasteiger partial charge is 0.129 e. The lowest BCUT2D eigenvalue weighted by Gasteiger charge is -2.21. The van der Waals surface area contributed by atoms with Crippen molar-refractivity contribution in [3.63, 3.8) is 0 Å². The Hall–Kier alpha value is -1.09. The van der Waals surface area contributed by atoms with Crippen LogP contribution >= 0.6 is 0 Å². The number of anilines is 1. The molecule has 0 amide bonds. The number of hydrogen-bond donors (Lipinski definition) is 1. The topological polar surface area (TPSA) is 28.2 Å². The molecule has 3 rings (SSSR count). The van der Waals surface area contributed by atoms with Crippen LogP contribution in [0.1, 0.15) is 57.2 Å². The summed E-state index contributed by atoms with van der Waals surface area (Å²) in [5.41, 5.74) is 2.61. The summed E-state index contributed by atoms with van der Waals surface area (Å²) in [4.78, 5) is 7.49. The van der Waals surface area contributed by atoms with Gasteiger partial charge in [-0.3, -0.25) is 0 Å². The van der Waals surface area contributed by atoms with Crippen LogP contribution in [-0.4, -0.2) is 24.6 Å². The van der Waals surface area contributed by atoms with Gasteiger partial charge < -0.3 is 10.2 Å². The molecule has 2 atom stereocenters. The van der Waals surface area contributed by atoms with Gasteiger partial charge in [-0.15, -0.1) is 0 Å². The van der Waals surface area contributed by atoms with Crippen LogP contribution in [0.2, 0.25) is 0 Å². The van der Waals surface area contributed by atoms with Crippen LogP contribution in [0.5, 0.6) is 0 Å². The summed E-state index contributed by atoms with van der Waals surface area (Å²) < 4.78 is 0. The van der Waals surface area contributed by atoms with Crippen molar-refractivity contribution in [1.29, 1.82) is 0 Å². The summed E-state index contributed by atoms with van der Waals surface area (Å²) in [7, 11) is 0. The van der Waals surface area contributed by atoms with E-state index < -0.39 is 0 Å². The lowest BCUT2D eigenvalue weighted by atomic mass is 10.0. The van der Waals surface area contributed by atoms with Crippen molar-refractivity contribution < 1.29 is 0 Å². The van der Waals surface area contributed by atoms with Gasteiger partial charge in [0.1, 0.15) is 5.82 Å². The molecule has 116 valence electrons. The van der Waals surface area contributed by atoms with Crippen LogP contribution < -0.4 is 10.2 Å². The number of nitrogens with one attached hydrogen (secondary N) is 1. The van der Waals surface area contributed by atoms with Crippen LogP contribution in [0, 0.1) is 11.8 Å². The Morgan fingerprint density at radius 1 is 1.24 bits per heavy atom. The molecule has 3 nitrogen and oxygen atoms in total. The third kappa shape index (κ3) is 3.23. The third-order valence-corrected chi connectivity index (χ3v) is 5.11. The van der Waals surface area contributed by atoms with Crippen molar-refractivity contribution in [2.75, 3.05) is 24.5 Å². The molecule has 0 radical (unpaired) electrons. The summed E-state index contributed by atoms with van der Waals surface area (Å²) >= 11 is 0. The highest BCUT2D eigenvalue weighted by Gasteiger charge is 2.36. The molecule has 0 bridgehead atoms. The van der Waals surface area contributed by atoms with Crippen LogP contribution in [0.4, 0.5) is 5.82 Å². The van der Waals surface area contributed by atoms with E-state index in [0.29, 0.717) is 5.92 Å². The fourth-order valence-electron chi connectivity index (χ4n) is 3.85. The van der Waals surface area contributed by atoms with E-state index in [2.05, 4.69) is 43.1 Å². The van der Waals surface area contributed by atoms with Crippen LogP contribution in [0.3, 0.4) is 0 Å². The largest absolute Gasteiger partial charge is 0.356 e. The zero-order chi connectivity index (χ0) is 14.8. The zero-order valence-corrected chi connectivity index (χ0v) is 13.7. The first-order chi connectivity index (χ1) is 10.2. The molecule has 2 heterocycles. The van der Waals surface area contributed by atoms with E-state index in [-0.39, 0.29) is 0 Å². The van der Waals surface area contributed by atoms with Gasteiger partial charge in [0.2, 0.25) is 0 Å².